The fourth-order valence-electron chi connectivity index (χ4n) is 2.48. The van der Waals surface area contributed by atoms with Gasteiger partial charge in [-0.3, -0.25) is 9.12 Å². The molecule has 0 fully saturated rings. The fourth-order valence-corrected chi connectivity index (χ4v) is 3.44. The Morgan fingerprint density at radius 1 is 1.15 bits per heavy atom. The van der Waals surface area contributed by atoms with Gasteiger partial charge in [0.05, 0.1) is 22.2 Å². The van der Waals surface area contributed by atoms with Gasteiger partial charge in [0.25, 0.3) is 10.1 Å². The monoisotopic (exact) mass is 412 g/mol. The maximum atomic E-state index is 11.2. The van der Waals surface area contributed by atoms with E-state index < -0.39 is 10.1 Å². The minimum absolute atomic E-state index is 0.196. The summed E-state index contributed by atoms with van der Waals surface area (Å²) < 4.78 is 38.6. The summed E-state index contributed by atoms with van der Waals surface area (Å²) in [6.45, 7) is 2.37. The first-order valence-electron chi connectivity index (χ1n) is 7.54. The Morgan fingerprint density at radius 2 is 1.85 bits per heavy atom. The van der Waals surface area contributed by atoms with E-state index in [0.717, 1.165) is 5.56 Å². The number of ether oxygens (including phenoxy) is 1. The zero-order chi connectivity index (χ0) is 18.9. The van der Waals surface area contributed by atoms with E-state index in [1.165, 1.54) is 18.5 Å². The molecule has 3 aromatic rings. The number of hydrogen-bond acceptors (Lipinski definition) is 4. The second kappa shape index (κ2) is 7.28. The van der Waals surface area contributed by atoms with Gasteiger partial charge in [-0.1, -0.05) is 23.2 Å². The van der Waals surface area contributed by atoms with E-state index in [4.69, 9.17) is 32.5 Å². The van der Waals surface area contributed by atoms with Gasteiger partial charge < -0.3 is 4.74 Å². The molecule has 0 aliphatic heterocycles. The lowest BCUT2D eigenvalue weighted by molar-refractivity contribution is 0.340. The molecule has 6 nitrogen and oxygen atoms in total. The summed E-state index contributed by atoms with van der Waals surface area (Å²) in [6, 6.07) is 11.0. The van der Waals surface area contributed by atoms with Crippen molar-refractivity contribution >= 4 is 33.3 Å². The normalized spacial score (nSPS) is 11.5. The van der Waals surface area contributed by atoms with Gasteiger partial charge in [0.15, 0.2) is 5.15 Å². The van der Waals surface area contributed by atoms with E-state index in [9.17, 15) is 8.42 Å². The molecule has 136 valence electrons. The van der Waals surface area contributed by atoms with Crippen molar-refractivity contribution in [3.8, 4) is 22.7 Å². The fraction of sp³-hybridized carbons (Fsp3) is 0.118. The van der Waals surface area contributed by atoms with Gasteiger partial charge in [-0.15, -0.1) is 0 Å². The van der Waals surface area contributed by atoms with E-state index in [1.54, 1.807) is 28.8 Å². The Balaban J connectivity index is 2.06. The first-order chi connectivity index (χ1) is 12.3. The molecule has 0 unspecified atom stereocenters. The minimum Gasteiger partial charge on any atom is -0.492 e. The van der Waals surface area contributed by atoms with Crippen LogP contribution in [0.1, 0.15) is 6.92 Å². The second-order valence-electron chi connectivity index (χ2n) is 5.30. The topological polar surface area (TPSA) is 81.4 Å². The Hall–Kier alpha value is -2.06. The van der Waals surface area contributed by atoms with Gasteiger partial charge in [0.1, 0.15) is 12.1 Å². The van der Waals surface area contributed by atoms with Crippen LogP contribution in [0.3, 0.4) is 0 Å². The third-order valence-electron chi connectivity index (χ3n) is 3.64. The minimum atomic E-state index is -4.26. The molecule has 0 saturated carbocycles. The highest BCUT2D eigenvalue weighted by Gasteiger charge is 2.16. The van der Waals surface area contributed by atoms with Crippen LogP contribution in [0, 0.1) is 0 Å². The number of nitrogens with zero attached hydrogens (tertiary/aromatic N) is 2. The van der Waals surface area contributed by atoms with Gasteiger partial charge in [-0.05, 0) is 49.4 Å². The summed E-state index contributed by atoms with van der Waals surface area (Å²) in [5.41, 5.74) is 1.94. The van der Waals surface area contributed by atoms with Crippen LogP contribution in [-0.2, 0) is 10.1 Å². The highest BCUT2D eigenvalue weighted by atomic mass is 35.5. The van der Waals surface area contributed by atoms with E-state index >= 15 is 0 Å². The molecule has 0 aliphatic carbocycles. The molecule has 9 heteroatoms. The number of imidazole rings is 1. The van der Waals surface area contributed by atoms with Crippen LogP contribution in [0.15, 0.2) is 53.7 Å². The Bertz CT molecular complexity index is 1050. The second-order valence-corrected chi connectivity index (χ2v) is 7.49. The van der Waals surface area contributed by atoms with Crippen LogP contribution in [0.4, 0.5) is 0 Å². The van der Waals surface area contributed by atoms with Crippen molar-refractivity contribution in [1.82, 2.24) is 9.55 Å². The zero-order valence-corrected chi connectivity index (χ0v) is 15.9. The molecular formula is C17H14Cl2N2O4S. The van der Waals surface area contributed by atoms with Gasteiger partial charge >= 0.3 is 0 Å². The van der Waals surface area contributed by atoms with Crippen LogP contribution >= 0.6 is 23.2 Å². The van der Waals surface area contributed by atoms with Gasteiger partial charge in [0.2, 0.25) is 0 Å². The third kappa shape index (κ3) is 3.71. The highest BCUT2D eigenvalue weighted by molar-refractivity contribution is 7.85. The number of halogens is 2. The van der Waals surface area contributed by atoms with Gasteiger partial charge in [0, 0.05) is 11.3 Å². The van der Waals surface area contributed by atoms with Gasteiger partial charge in [-0.2, -0.15) is 8.42 Å². The lowest BCUT2D eigenvalue weighted by atomic mass is 10.1. The summed E-state index contributed by atoms with van der Waals surface area (Å²) in [6.07, 6.45) is 1.52. The molecule has 0 spiro atoms. The molecule has 1 N–H and O–H groups in total. The molecule has 0 saturated heterocycles. The van der Waals surface area contributed by atoms with Crippen molar-refractivity contribution in [1.29, 1.82) is 0 Å². The summed E-state index contributed by atoms with van der Waals surface area (Å²) in [7, 11) is -4.26. The van der Waals surface area contributed by atoms with Crippen molar-refractivity contribution in [2.24, 2.45) is 0 Å². The highest BCUT2D eigenvalue weighted by Crippen LogP contribution is 2.35. The SMILES string of the molecule is CCOc1ccc(-c2c(Cl)ncn2-c2ccc(S(=O)(=O)O)cc2)cc1Cl. The third-order valence-corrected chi connectivity index (χ3v) is 5.08. The van der Waals surface area contributed by atoms with Crippen LogP contribution in [0.2, 0.25) is 10.2 Å². The molecule has 0 radical (unpaired) electrons. The van der Waals surface area contributed by atoms with Gasteiger partial charge in [-0.25, -0.2) is 4.98 Å². The molecule has 2 aromatic carbocycles. The van der Waals surface area contributed by atoms with E-state index in [0.29, 0.717) is 28.8 Å². The van der Waals surface area contributed by atoms with Crippen molar-refractivity contribution in [3.63, 3.8) is 0 Å². The smallest absolute Gasteiger partial charge is 0.294 e. The number of rotatable bonds is 5. The molecule has 1 heterocycles. The quantitative estimate of drug-likeness (QED) is 0.624. The van der Waals surface area contributed by atoms with Crippen LogP contribution < -0.4 is 4.74 Å². The predicted octanol–water partition coefficient (Wildman–Crippen LogP) is 4.49. The van der Waals surface area contributed by atoms with E-state index in [1.807, 2.05) is 13.0 Å². The molecular weight excluding hydrogens is 399 g/mol. The number of benzene rings is 2. The maximum absolute atomic E-state index is 11.2. The average Bonchev–Trinajstić information content (AvgIpc) is 2.98. The molecule has 0 atom stereocenters. The summed E-state index contributed by atoms with van der Waals surface area (Å²) in [4.78, 5) is 3.92. The molecule has 3 rings (SSSR count). The molecule has 1 aromatic heterocycles. The Labute approximate surface area is 160 Å². The number of aromatic nitrogens is 2. The van der Waals surface area contributed by atoms with Crippen LogP contribution in [0.5, 0.6) is 5.75 Å². The lowest BCUT2D eigenvalue weighted by Crippen LogP contribution is -2.00. The summed E-state index contributed by atoms with van der Waals surface area (Å²) >= 11 is 12.5. The van der Waals surface area contributed by atoms with Crippen molar-refractivity contribution in [2.75, 3.05) is 6.61 Å². The van der Waals surface area contributed by atoms with Crippen molar-refractivity contribution in [2.45, 2.75) is 11.8 Å². The zero-order valence-electron chi connectivity index (χ0n) is 13.6. The molecule has 0 bridgehead atoms. The first-order valence-corrected chi connectivity index (χ1v) is 9.74. The Kier molecular flexibility index (Phi) is 5.24. The lowest BCUT2D eigenvalue weighted by Gasteiger charge is -2.11. The first kappa shape index (κ1) is 18.7. The number of hydrogen-bond donors (Lipinski definition) is 1. The predicted molar refractivity (Wildman–Crippen MR) is 100 cm³/mol. The maximum Gasteiger partial charge on any atom is 0.294 e. The van der Waals surface area contributed by atoms with E-state index in [2.05, 4.69) is 4.98 Å². The summed E-state index contributed by atoms with van der Waals surface area (Å²) in [5.74, 6) is 0.567. The van der Waals surface area contributed by atoms with Crippen LogP contribution in [0.25, 0.3) is 16.9 Å². The summed E-state index contributed by atoms with van der Waals surface area (Å²) in [5, 5.41) is 0.707. The van der Waals surface area contributed by atoms with E-state index in [-0.39, 0.29) is 10.0 Å². The van der Waals surface area contributed by atoms with Crippen LogP contribution in [-0.4, -0.2) is 29.1 Å². The average molecular weight is 413 g/mol. The standard InChI is InChI=1S/C17H14Cl2N2O4S/c1-2-25-15-8-3-11(9-14(15)18)16-17(19)20-10-21(16)12-4-6-13(7-5-12)26(22,23)24/h3-10H,2H2,1H3,(H,22,23,24). The Morgan fingerprint density at radius 3 is 2.42 bits per heavy atom. The molecule has 0 aliphatic rings. The molecule has 0 amide bonds. The van der Waals surface area contributed by atoms with Crippen molar-refractivity contribution < 1.29 is 17.7 Å². The largest absolute Gasteiger partial charge is 0.492 e. The van der Waals surface area contributed by atoms with Crippen molar-refractivity contribution in [3.05, 3.63) is 59.0 Å². The molecule has 26 heavy (non-hydrogen) atoms.